The van der Waals surface area contributed by atoms with Crippen molar-refractivity contribution in [3.8, 4) is 0 Å². The fourth-order valence-electron chi connectivity index (χ4n) is 8.01. The number of hydrogen-bond donors (Lipinski definition) is 6. The topological polar surface area (TPSA) is 192 Å². The van der Waals surface area contributed by atoms with Crippen LogP contribution in [0.25, 0.3) is 0 Å². The molecular weight excluding hydrogens is 860 g/mol. The summed E-state index contributed by atoms with van der Waals surface area (Å²) in [7, 11) is -5.03. The molecule has 0 aromatic heterocycles. The molecule has 386 valence electrons. The van der Waals surface area contributed by atoms with Crippen molar-refractivity contribution in [1.29, 1.82) is 0 Å². The fourth-order valence-corrected chi connectivity index (χ4v) is 8.99. The number of aliphatic hydroxyl groups excluding tert-OH is 5. The molecule has 1 aliphatic carbocycles. The number of hydrogen-bond acceptors (Lipinski definition) is 11. The van der Waals surface area contributed by atoms with Gasteiger partial charge in [-0.1, -0.05) is 191 Å². The SMILES string of the molecule is CC/C=C\C/C=C\C/C=C\CCCCCCCCCCOCC(COP(=O)(O)OC1C(O)C(O)C(O)C(O)C1O)OC(=O)CCCCCCCCCCC/C=C\CCCCCCCCCC. The van der Waals surface area contributed by atoms with Crippen molar-refractivity contribution in [2.45, 2.75) is 262 Å². The predicted molar refractivity (Wildman–Crippen MR) is 267 cm³/mol. The standard InChI is InChI=1S/C53H97O12P/c1-3-5-7-9-11-13-15-17-19-21-23-24-25-26-28-30-32-34-36-38-40-42-47(54)64-46(45-63-66(60,61)65-53-51(58)49(56)48(55)50(57)52(53)59)44-62-43-41-39-37-35-33-31-29-27-22-20-18-16-14-12-10-8-6-4-2/h6,8,12,14,18,20-21,23,46,48-53,55-59H,3-5,7,9-11,13,15-17,19,22,24-45H2,1-2H3,(H,60,61)/b8-6-,14-12-,20-18-,23-21-. The van der Waals surface area contributed by atoms with Crippen molar-refractivity contribution in [2.75, 3.05) is 19.8 Å². The molecule has 0 spiro atoms. The first-order valence-corrected chi connectivity index (χ1v) is 28.0. The Morgan fingerprint density at radius 3 is 1.38 bits per heavy atom. The highest BCUT2D eigenvalue weighted by Gasteiger charge is 2.51. The number of ether oxygens (including phenoxy) is 2. The minimum Gasteiger partial charge on any atom is -0.457 e. The van der Waals surface area contributed by atoms with Gasteiger partial charge < -0.3 is 39.9 Å². The summed E-state index contributed by atoms with van der Waals surface area (Å²) in [6.07, 6.45) is 41.7. The molecule has 1 rings (SSSR count). The summed E-state index contributed by atoms with van der Waals surface area (Å²) < 4.78 is 34.3. The molecule has 12 nitrogen and oxygen atoms in total. The minimum atomic E-state index is -5.03. The van der Waals surface area contributed by atoms with Crippen LogP contribution in [0, 0.1) is 0 Å². The summed E-state index contributed by atoms with van der Waals surface area (Å²) in [5, 5.41) is 50.3. The van der Waals surface area contributed by atoms with Gasteiger partial charge in [-0.3, -0.25) is 13.8 Å². The summed E-state index contributed by atoms with van der Waals surface area (Å²) in [6, 6.07) is 0. The third kappa shape index (κ3) is 34.6. The second-order valence-corrected chi connectivity index (χ2v) is 19.7. The quantitative estimate of drug-likeness (QED) is 0.0147. The third-order valence-corrected chi connectivity index (χ3v) is 13.2. The smallest absolute Gasteiger partial charge is 0.457 e. The minimum absolute atomic E-state index is 0.0827. The first kappa shape index (κ1) is 62.3. The average molecular weight is 957 g/mol. The zero-order valence-electron chi connectivity index (χ0n) is 41.5. The number of carbonyl (C=O) groups is 1. The van der Waals surface area contributed by atoms with Gasteiger partial charge in [0.1, 0.15) is 42.7 Å². The Hall–Kier alpha value is -1.70. The van der Waals surface area contributed by atoms with E-state index in [4.69, 9.17) is 18.5 Å². The highest BCUT2D eigenvalue weighted by atomic mass is 31.2. The van der Waals surface area contributed by atoms with Crippen LogP contribution in [0.15, 0.2) is 48.6 Å². The summed E-state index contributed by atoms with van der Waals surface area (Å²) in [6.45, 7) is 4.16. The van der Waals surface area contributed by atoms with Gasteiger partial charge in [-0.15, -0.1) is 0 Å². The van der Waals surface area contributed by atoms with Gasteiger partial charge in [0, 0.05) is 13.0 Å². The van der Waals surface area contributed by atoms with Gasteiger partial charge in [0.15, 0.2) is 0 Å². The maximum atomic E-state index is 12.9. The molecule has 6 atom stereocenters. The summed E-state index contributed by atoms with van der Waals surface area (Å²) in [4.78, 5) is 23.3. The van der Waals surface area contributed by atoms with Gasteiger partial charge in [-0.05, 0) is 70.6 Å². The Labute approximate surface area is 401 Å². The van der Waals surface area contributed by atoms with Crippen LogP contribution >= 0.6 is 7.82 Å². The van der Waals surface area contributed by atoms with Gasteiger partial charge in [-0.2, -0.15) is 0 Å². The van der Waals surface area contributed by atoms with Crippen molar-refractivity contribution in [3.05, 3.63) is 48.6 Å². The molecule has 1 fully saturated rings. The Morgan fingerprint density at radius 1 is 0.500 bits per heavy atom. The number of rotatable bonds is 45. The van der Waals surface area contributed by atoms with E-state index in [1.165, 1.54) is 122 Å². The lowest BCUT2D eigenvalue weighted by Crippen LogP contribution is -2.64. The monoisotopic (exact) mass is 957 g/mol. The molecule has 0 saturated heterocycles. The third-order valence-electron chi connectivity index (χ3n) is 12.2. The van der Waals surface area contributed by atoms with Crippen LogP contribution in [0.2, 0.25) is 0 Å². The molecule has 0 amide bonds. The van der Waals surface area contributed by atoms with E-state index in [0.29, 0.717) is 13.0 Å². The van der Waals surface area contributed by atoms with E-state index in [-0.39, 0.29) is 13.0 Å². The Bertz CT molecular complexity index is 1270. The molecule has 1 saturated carbocycles. The van der Waals surface area contributed by atoms with Crippen molar-refractivity contribution in [1.82, 2.24) is 0 Å². The number of phosphoric ester groups is 1. The number of unbranched alkanes of at least 4 members (excludes halogenated alkanes) is 25. The van der Waals surface area contributed by atoms with Gasteiger partial charge in [-0.25, -0.2) is 4.57 Å². The second-order valence-electron chi connectivity index (χ2n) is 18.3. The van der Waals surface area contributed by atoms with E-state index in [9.17, 15) is 39.8 Å². The van der Waals surface area contributed by atoms with Crippen LogP contribution in [-0.4, -0.2) is 98.9 Å². The van der Waals surface area contributed by atoms with E-state index in [1.54, 1.807) is 0 Å². The number of phosphoric acid groups is 1. The highest BCUT2D eigenvalue weighted by molar-refractivity contribution is 7.47. The van der Waals surface area contributed by atoms with Gasteiger partial charge >= 0.3 is 13.8 Å². The molecule has 0 radical (unpaired) electrons. The van der Waals surface area contributed by atoms with Gasteiger partial charge in [0.05, 0.1) is 13.2 Å². The maximum Gasteiger partial charge on any atom is 0.472 e. The van der Waals surface area contributed by atoms with E-state index < -0.39 is 63.1 Å². The lowest BCUT2D eigenvalue weighted by atomic mass is 9.85. The molecule has 0 aliphatic heterocycles. The van der Waals surface area contributed by atoms with Crippen LogP contribution in [0.3, 0.4) is 0 Å². The first-order chi connectivity index (χ1) is 32.0. The molecular formula is C53H97O12P. The Kier molecular flexibility index (Phi) is 40.9. The number of carbonyl (C=O) groups excluding carboxylic acids is 1. The zero-order valence-corrected chi connectivity index (χ0v) is 42.4. The molecule has 66 heavy (non-hydrogen) atoms. The highest BCUT2D eigenvalue weighted by Crippen LogP contribution is 2.47. The van der Waals surface area contributed by atoms with Crippen LogP contribution in [0.4, 0.5) is 0 Å². The molecule has 6 unspecified atom stereocenters. The van der Waals surface area contributed by atoms with Crippen molar-refractivity contribution in [3.63, 3.8) is 0 Å². The summed E-state index contributed by atoms with van der Waals surface area (Å²) in [5.74, 6) is -0.481. The lowest BCUT2D eigenvalue weighted by molar-refractivity contribution is -0.220. The predicted octanol–water partition coefficient (Wildman–Crippen LogP) is 12.0. The van der Waals surface area contributed by atoms with Gasteiger partial charge in [0.25, 0.3) is 0 Å². The summed E-state index contributed by atoms with van der Waals surface area (Å²) in [5.41, 5.74) is 0. The largest absolute Gasteiger partial charge is 0.472 e. The summed E-state index contributed by atoms with van der Waals surface area (Å²) >= 11 is 0. The van der Waals surface area contributed by atoms with Crippen LogP contribution < -0.4 is 0 Å². The van der Waals surface area contributed by atoms with Crippen molar-refractivity contribution >= 4 is 13.8 Å². The molecule has 6 N–H and O–H groups in total. The molecule has 0 aromatic carbocycles. The molecule has 1 aliphatic rings. The maximum absolute atomic E-state index is 12.9. The lowest BCUT2D eigenvalue weighted by Gasteiger charge is -2.41. The van der Waals surface area contributed by atoms with E-state index >= 15 is 0 Å². The van der Waals surface area contributed by atoms with Crippen LogP contribution in [-0.2, 0) is 27.9 Å². The zero-order chi connectivity index (χ0) is 48.4. The molecule has 0 aromatic rings. The van der Waals surface area contributed by atoms with Crippen molar-refractivity contribution < 1.29 is 58.3 Å². The van der Waals surface area contributed by atoms with Crippen molar-refractivity contribution in [2.24, 2.45) is 0 Å². The molecule has 0 bridgehead atoms. The number of aliphatic hydroxyl groups is 5. The van der Waals surface area contributed by atoms with E-state index in [2.05, 4.69) is 62.5 Å². The Balaban J connectivity index is 2.33. The van der Waals surface area contributed by atoms with Gasteiger partial charge in [0.2, 0.25) is 0 Å². The molecule has 13 heteroatoms. The average Bonchev–Trinajstić information content (AvgIpc) is 3.30. The first-order valence-electron chi connectivity index (χ1n) is 26.5. The fraction of sp³-hybridized carbons (Fsp3) is 0.830. The second kappa shape index (κ2) is 43.3. The van der Waals surface area contributed by atoms with Crippen LogP contribution in [0.1, 0.15) is 219 Å². The van der Waals surface area contributed by atoms with E-state index in [0.717, 1.165) is 70.6 Å². The Morgan fingerprint density at radius 2 is 0.894 bits per heavy atom. The van der Waals surface area contributed by atoms with E-state index in [1.807, 2.05) is 0 Å². The number of allylic oxidation sites excluding steroid dienone is 8. The van der Waals surface area contributed by atoms with Crippen LogP contribution in [0.5, 0.6) is 0 Å². The normalized spacial score (nSPS) is 21.8. The molecule has 0 heterocycles. The number of esters is 1.